The van der Waals surface area contributed by atoms with Gasteiger partial charge in [-0.2, -0.15) is 0 Å². The average Bonchev–Trinajstić information content (AvgIpc) is 3.03. The topological polar surface area (TPSA) is 67.1 Å². The first kappa shape index (κ1) is 9.98. The SMILES string of the molecule is NCc1ccc(NC(=O)NC2CC2)cc1. The quantitative estimate of drug-likeness (QED) is 0.698. The fourth-order valence-electron chi connectivity index (χ4n) is 1.30. The molecule has 0 aromatic heterocycles. The van der Waals surface area contributed by atoms with E-state index in [0.717, 1.165) is 24.1 Å². The van der Waals surface area contributed by atoms with Gasteiger partial charge in [-0.25, -0.2) is 4.79 Å². The van der Waals surface area contributed by atoms with E-state index in [1.165, 1.54) is 0 Å². The zero-order valence-corrected chi connectivity index (χ0v) is 8.49. The summed E-state index contributed by atoms with van der Waals surface area (Å²) in [6, 6.07) is 7.79. The van der Waals surface area contributed by atoms with Crippen LogP contribution in [0.3, 0.4) is 0 Å². The predicted molar refractivity (Wildman–Crippen MR) is 59.5 cm³/mol. The number of amides is 2. The Morgan fingerprint density at radius 1 is 1.33 bits per heavy atom. The van der Waals surface area contributed by atoms with E-state index in [1.54, 1.807) is 0 Å². The van der Waals surface area contributed by atoms with Crippen molar-refractivity contribution in [2.45, 2.75) is 25.4 Å². The molecule has 2 amide bonds. The third-order valence-corrected chi connectivity index (χ3v) is 2.36. The van der Waals surface area contributed by atoms with E-state index in [1.807, 2.05) is 24.3 Å². The molecule has 1 aliphatic rings. The first-order valence-electron chi connectivity index (χ1n) is 5.14. The van der Waals surface area contributed by atoms with Crippen LogP contribution in [-0.2, 0) is 6.54 Å². The molecule has 0 unspecified atom stereocenters. The number of urea groups is 1. The molecule has 0 bridgehead atoms. The Bertz CT molecular complexity index is 343. The molecule has 1 aliphatic carbocycles. The van der Waals surface area contributed by atoms with Crippen molar-refractivity contribution < 1.29 is 4.79 Å². The fraction of sp³-hybridized carbons (Fsp3) is 0.364. The molecule has 80 valence electrons. The smallest absolute Gasteiger partial charge is 0.319 e. The van der Waals surface area contributed by atoms with Gasteiger partial charge in [-0.15, -0.1) is 0 Å². The van der Waals surface area contributed by atoms with Gasteiger partial charge in [0.05, 0.1) is 0 Å². The van der Waals surface area contributed by atoms with Crippen LogP contribution >= 0.6 is 0 Å². The van der Waals surface area contributed by atoms with Gasteiger partial charge in [0.2, 0.25) is 0 Å². The molecule has 0 radical (unpaired) electrons. The summed E-state index contributed by atoms with van der Waals surface area (Å²) in [5.41, 5.74) is 7.33. The first-order valence-corrected chi connectivity index (χ1v) is 5.14. The summed E-state index contributed by atoms with van der Waals surface area (Å²) in [7, 11) is 0. The van der Waals surface area contributed by atoms with Crippen LogP contribution in [0.15, 0.2) is 24.3 Å². The Balaban J connectivity index is 1.88. The van der Waals surface area contributed by atoms with Crippen LogP contribution in [0.2, 0.25) is 0 Å². The molecule has 1 fully saturated rings. The van der Waals surface area contributed by atoms with Crippen molar-refractivity contribution in [1.29, 1.82) is 0 Å². The number of anilines is 1. The number of carbonyl (C=O) groups is 1. The highest BCUT2D eigenvalue weighted by molar-refractivity contribution is 5.89. The van der Waals surface area contributed by atoms with Gasteiger partial charge in [0.25, 0.3) is 0 Å². The standard InChI is InChI=1S/C11H15N3O/c12-7-8-1-3-9(4-2-8)13-11(15)14-10-5-6-10/h1-4,10H,5-7,12H2,(H2,13,14,15). The van der Waals surface area contributed by atoms with E-state index < -0.39 is 0 Å². The number of nitrogens with one attached hydrogen (secondary N) is 2. The summed E-state index contributed by atoms with van der Waals surface area (Å²) >= 11 is 0. The molecular weight excluding hydrogens is 190 g/mol. The second kappa shape index (κ2) is 4.31. The Hall–Kier alpha value is -1.55. The van der Waals surface area contributed by atoms with Crippen LogP contribution in [0.1, 0.15) is 18.4 Å². The van der Waals surface area contributed by atoms with E-state index in [9.17, 15) is 4.79 Å². The van der Waals surface area contributed by atoms with Gasteiger partial charge in [0.1, 0.15) is 0 Å². The maximum atomic E-state index is 11.4. The summed E-state index contributed by atoms with van der Waals surface area (Å²) in [5.74, 6) is 0. The summed E-state index contributed by atoms with van der Waals surface area (Å²) in [5, 5.41) is 5.63. The molecular formula is C11H15N3O. The molecule has 4 nitrogen and oxygen atoms in total. The van der Waals surface area contributed by atoms with Gasteiger partial charge < -0.3 is 16.4 Å². The molecule has 1 aromatic carbocycles. The van der Waals surface area contributed by atoms with E-state index in [-0.39, 0.29) is 6.03 Å². The van der Waals surface area contributed by atoms with Gasteiger partial charge in [0, 0.05) is 18.3 Å². The fourth-order valence-corrected chi connectivity index (χ4v) is 1.30. The highest BCUT2D eigenvalue weighted by atomic mass is 16.2. The second-order valence-corrected chi connectivity index (χ2v) is 3.77. The summed E-state index contributed by atoms with van der Waals surface area (Å²) in [4.78, 5) is 11.4. The van der Waals surface area contributed by atoms with Gasteiger partial charge in [-0.3, -0.25) is 0 Å². The van der Waals surface area contributed by atoms with Crippen molar-refractivity contribution in [3.8, 4) is 0 Å². The molecule has 1 saturated carbocycles. The number of hydrogen-bond acceptors (Lipinski definition) is 2. The Labute approximate surface area is 88.9 Å². The molecule has 0 atom stereocenters. The van der Waals surface area contributed by atoms with Crippen molar-refractivity contribution in [1.82, 2.24) is 5.32 Å². The molecule has 4 heteroatoms. The Kier molecular flexibility index (Phi) is 2.87. The van der Waals surface area contributed by atoms with Gasteiger partial charge in [-0.1, -0.05) is 12.1 Å². The minimum atomic E-state index is -0.127. The maximum absolute atomic E-state index is 11.4. The summed E-state index contributed by atoms with van der Waals surface area (Å²) < 4.78 is 0. The third-order valence-electron chi connectivity index (χ3n) is 2.36. The summed E-state index contributed by atoms with van der Waals surface area (Å²) in [6.45, 7) is 0.522. The zero-order chi connectivity index (χ0) is 10.7. The maximum Gasteiger partial charge on any atom is 0.319 e. The van der Waals surface area contributed by atoms with Crippen molar-refractivity contribution >= 4 is 11.7 Å². The minimum absolute atomic E-state index is 0.127. The highest BCUT2D eigenvalue weighted by Crippen LogP contribution is 2.18. The lowest BCUT2D eigenvalue weighted by Crippen LogP contribution is -2.30. The zero-order valence-electron chi connectivity index (χ0n) is 8.49. The number of rotatable bonds is 3. The van der Waals surface area contributed by atoms with Crippen molar-refractivity contribution in [3.05, 3.63) is 29.8 Å². The van der Waals surface area contributed by atoms with Crippen molar-refractivity contribution in [3.63, 3.8) is 0 Å². The molecule has 2 rings (SSSR count). The highest BCUT2D eigenvalue weighted by Gasteiger charge is 2.22. The molecule has 0 aliphatic heterocycles. The van der Waals surface area contributed by atoms with Crippen LogP contribution < -0.4 is 16.4 Å². The van der Waals surface area contributed by atoms with E-state index >= 15 is 0 Å². The molecule has 15 heavy (non-hydrogen) atoms. The molecule has 4 N–H and O–H groups in total. The van der Waals surface area contributed by atoms with Gasteiger partial charge in [-0.05, 0) is 30.5 Å². The molecule has 0 heterocycles. The Morgan fingerprint density at radius 2 is 2.00 bits per heavy atom. The predicted octanol–water partition coefficient (Wildman–Crippen LogP) is 1.43. The Morgan fingerprint density at radius 3 is 2.53 bits per heavy atom. The average molecular weight is 205 g/mol. The largest absolute Gasteiger partial charge is 0.335 e. The van der Waals surface area contributed by atoms with Crippen LogP contribution in [0.25, 0.3) is 0 Å². The van der Waals surface area contributed by atoms with Crippen LogP contribution in [0, 0.1) is 0 Å². The van der Waals surface area contributed by atoms with Gasteiger partial charge >= 0.3 is 6.03 Å². The van der Waals surface area contributed by atoms with E-state index in [2.05, 4.69) is 10.6 Å². The van der Waals surface area contributed by atoms with Crippen LogP contribution in [-0.4, -0.2) is 12.1 Å². The lowest BCUT2D eigenvalue weighted by molar-refractivity contribution is 0.251. The number of hydrogen-bond donors (Lipinski definition) is 3. The lowest BCUT2D eigenvalue weighted by Gasteiger charge is -2.06. The van der Waals surface area contributed by atoms with E-state index in [0.29, 0.717) is 12.6 Å². The molecule has 0 saturated heterocycles. The monoisotopic (exact) mass is 205 g/mol. The number of nitrogens with two attached hydrogens (primary N) is 1. The first-order chi connectivity index (χ1) is 7.28. The van der Waals surface area contributed by atoms with E-state index in [4.69, 9.17) is 5.73 Å². The lowest BCUT2D eigenvalue weighted by atomic mass is 10.2. The van der Waals surface area contributed by atoms with Crippen molar-refractivity contribution in [2.75, 3.05) is 5.32 Å². The minimum Gasteiger partial charge on any atom is -0.335 e. The molecule has 1 aromatic rings. The van der Waals surface area contributed by atoms with Crippen molar-refractivity contribution in [2.24, 2.45) is 5.73 Å². The summed E-state index contributed by atoms with van der Waals surface area (Å²) in [6.07, 6.45) is 2.19. The number of benzene rings is 1. The number of carbonyl (C=O) groups excluding carboxylic acids is 1. The third kappa shape index (κ3) is 2.95. The van der Waals surface area contributed by atoms with Gasteiger partial charge in [0.15, 0.2) is 0 Å². The normalized spacial score (nSPS) is 14.7. The van der Waals surface area contributed by atoms with Crippen LogP contribution in [0.4, 0.5) is 10.5 Å². The van der Waals surface area contributed by atoms with Crippen LogP contribution in [0.5, 0.6) is 0 Å². The second-order valence-electron chi connectivity index (χ2n) is 3.77. The molecule has 0 spiro atoms.